The third kappa shape index (κ3) is 3.45. The van der Waals surface area contributed by atoms with E-state index in [0.717, 1.165) is 48.6 Å². The summed E-state index contributed by atoms with van der Waals surface area (Å²) in [6.07, 6.45) is 4.08. The Morgan fingerprint density at radius 2 is 1.93 bits per heavy atom. The maximum atomic E-state index is 10.2. The summed E-state index contributed by atoms with van der Waals surface area (Å²) in [5.74, 6) is 0.887. The van der Waals surface area contributed by atoms with E-state index in [9.17, 15) is 5.11 Å². The molecule has 0 amide bonds. The molecule has 0 aromatic heterocycles. The lowest BCUT2D eigenvalue weighted by atomic mass is 9.87. The van der Waals surface area contributed by atoms with Gasteiger partial charge in [0.1, 0.15) is 11.9 Å². The van der Waals surface area contributed by atoms with Crippen LogP contribution in [-0.4, -0.2) is 36.3 Å². The molecule has 1 aliphatic carbocycles. The molecule has 30 heavy (non-hydrogen) atoms. The molecule has 5 rings (SSSR count). The highest BCUT2D eigenvalue weighted by Gasteiger charge is 2.37. The summed E-state index contributed by atoms with van der Waals surface area (Å²) in [5, 5.41) is 18.3. The fraction of sp³-hybridized carbons (Fsp3) is 0.417. The molecule has 0 saturated carbocycles. The van der Waals surface area contributed by atoms with Crippen molar-refractivity contribution in [1.82, 2.24) is 15.5 Å². The monoisotopic (exact) mass is 425 g/mol. The molecule has 2 aromatic carbocycles. The topological polar surface area (TPSA) is 56.8 Å². The lowest BCUT2D eigenvalue weighted by Gasteiger charge is -2.43. The third-order valence-electron chi connectivity index (χ3n) is 6.78. The van der Waals surface area contributed by atoms with Crippen molar-refractivity contribution in [1.29, 1.82) is 0 Å². The molecule has 0 spiro atoms. The molecule has 3 aliphatic rings. The lowest BCUT2D eigenvalue weighted by molar-refractivity contribution is 0.0667. The molecule has 6 heteroatoms. The highest BCUT2D eigenvalue weighted by atomic mass is 35.5. The predicted octanol–water partition coefficient (Wildman–Crippen LogP) is 3.90. The van der Waals surface area contributed by atoms with Crippen LogP contribution in [0.25, 0.3) is 0 Å². The van der Waals surface area contributed by atoms with E-state index in [1.54, 1.807) is 7.11 Å². The van der Waals surface area contributed by atoms with Crippen LogP contribution in [0.3, 0.4) is 0 Å². The van der Waals surface area contributed by atoms with Gasteiger partial charge >= 0.3 is 0 Å². The zero-order valence-electron chi connectivity index (χ0n) is 17.2. The van der Waals surface area contributed by atoms with Crippen molar-refractivity contribution in [3.8, 4) is 5.75 Å². The molecule has 158 valence electrons. The number of halogens is 1. The Balaban J connectivity index is 1.33. The van der Waals surface area contributed by atoms with Gasteiger partial charge < -0.3 is 20.5 Å². The van der Waals surface area contributed by atoms with Gasteiger partial charge in [-0.3, -0.25) is 4.90 Å². The number of nitrogens with zero attached hydrogens (tertiary/aromatic N) is 1. The van der Waals surface area contributed by atoms with E-state index in [0.29, 0.717) is 6.04 Å². The zero-order valence-corrected chi connectivity index (χ0v) is 18.0. The van der Waals surface area contributed by atoms with E-state index in [4.69, 9.17) is 16.3 Å². The largest absolute Gasteiger partial charge is 0.497 e. The van der Waals surface area contributed by atoms with Gasteiger partial charge in [-0.25, -0.2) is 0 Å². The second-order valence-corrected chi connectivity index (χ2v) is 8.76. The van der Waals surface area contributed by atoms with Crippen LogP contribution in [0, 0.1) is 0 Å². The smallest absolute Gasteiger partial charge is 0.124 e. The first-order chi connectivity index (χ1) is 14.7. The van der Waals surface area contributed by atoms with Gasteiger partial charge in [0.15, 0.2) is 0 Å². The minimum Gasteiger partial charge on any atom is -0.497 e. The van der Waals surface area contributed by atoms with Crippen LogP contribution in [0.2, 0.25) is 5.02 Å². The van der Waals surface area contributed by atoms with E-state index in [1.165, 1.54) is 22.5 Å². The van der Waals surface area contributed by atoms with Crippen molar-refractivity contribution >= 4 is 11.6 Å². The first kappa shape index (κ1) is 19.7. The number of hydrogen-bond donors (Lipinski definition) is 3. The fourth-order valence-electron chi connectivity index (χ4n) is 5.24. The summed E-state index contributed by atoms with van der Waals surface area (Å²) in [6.45, 7) is 1.09. The molecule has 2 aromatic rings. The van der Waals surface area contributed by atoms with Crippen molar-refractivity contribution in [2.45, 2.75) is 43.9 Å². The Kier molecular flexibility index (Phi) is 5.35. The van der Waals surface area contributed by atoms with Crippen LogP contribution in [0.4, 0.5) is 0 Å². The number of nitrogens with one attached hydrogen (secondary N) is 2. The van der Waals surface area contributed by atoms with Gasteiger partial charge in [-0.05, 0) is 48.6 Å². The average Bonchev–Trinajstić information content (AvgIpc) is 3.21. The van der Waals surface area contributed by atoms with Crippen LogP contribution in [0.1, 0.15) is 48.2 Å². The Morgan fingerprint density at radius 1 is 1.10 bits per heavy atom. The van der Waals surface area contributed by atoms with Gasteiger partial charge in [0.05, 0.1) is 19.8 Å². The summed E-state index contributed by atoms with van der Waals surface area (Å²) >= 11 is 6.42. The zero-order chi connectivity index (χ0) is 20.7. The molecular formula is C24H28ClN3O2. The van der Waals surface area contributed by atoms with Crippen LogP contribution in [0.15, 0.2) is 53.9 Å². The number of aliphatic hydroxyl groups is 1. The van der Waals surface area contributed by atoms with Crippen LogP contribution in [0.5, 0.6) is 5.75 Å². The summed E-state index contributed by atoms with van der Waals surface area (Å²) in [5.41, 5.74) is 6.20. The number of methoxy groups -OCH3 is 1. The summed E-state index contributed by atoms with van der Waals surface area (Å²) in [4.78, 5) is 2.50. The number of ether oxygens (including phenoxy) is 1. The molecule has 0 radical (unpaired) electrons. The van der Waals surface area contributed by atoms with Gasteiger partial charge in [-0.1, -0.05) is 35.9 Å². The quantitative estimate of drug-likeness (QED) is 0.693. The molecule has 3 unspecified atom stereocenters. The molecule has 2 aliphatic heterocycles. The molecule has 2 heterocycles. The van der Waals surface area contributed by atoms with Crippen molar-refractivity contribution < 1.29 is 9.84 Å². The van der Waals surface area contributed by atoms with E-state index in [2.05, 4.69) is 33.7 Å². The highest BCUT2D eigenvalue weighted by molar-refractivity contribution is 6.31. The number of benzene rings is 2. The van der Waals surface area contributed by atoms with E-state index in [-0.39, 0.29) is 18.8 Å². The fourth-order valence-corrected chi connectivity index (χ4v) is 5.48. The number of allylic oxidation sites excluding steroid dienone is 1. The molecule has 3 N–H and O–H groups in total. The van der Waals surface area contributed by atoms with Gasteiger partial charge in [-0.15, -0.1) is 0 Å². The first-order valence-corrected chi connectivity index (χ1v) is 11.1. The second-order valence-electron chi connectivity index (χ2n) is 8.35. The number of aliphatic hydroxyl groups excluding tert-OH is 1. The maximum absolute atomic E-state index is 10.2. The minimum atomic E-state index is 0.0330. The number of fused-ring (bicyclic) bond motifs is 1. The first-order valence-electron chi connectivity index (χ1n) is 10.7. The van der Waals surface area contributed by atoms with Crippen molar-refractivity contribution in [3.05, 3.63) is 75.6 Å². The Bertz CT molecular complexity index is 977. The average molecular weight is 426 g/mol. The highest BCUT2D eigenvalue weighted by Crippen LogP contribution is 2.39. The summed E-state index contributed by atoms with van der Waals surface area (Å²) in [6, 6.07) is 14.7. The van der Waals surface area contributed by atoms with E-state index >= 15 is 0 Å². The second kappa shape index (κ2) is 8.14. The lowest BCUT2D eigenvalue weighted by Crippen LogP contribution is -2.45. The molecule has 0 saturated heterocycles. The summed E-state index contributed by atoms with van der Waals surface area (Å²) in [7, 11) is 1.70. The molecule has 0 bridgehead atoms. The Morgan fingerprint density at radius 3 is 2.73 bits per heavy atom. The van der Waals surface area contributed by atoms with Crippen molar-refractivity contribution in [2.24, 2.45) is 0 Å². The standard InChI is InChI=1S/C24H28ClN3O2/c1-30-17-7-8-18-15(12-17)10-11-28(23(18)14-29)16-6-9-21-22(13-16)27-24(26-21)19-4-2-3-5-20(19)25/h2-5,7-8,12,16,23-24,26-27,29H,6,9-11,13-14H2,1H3. The van der Waals surface area contributed by atoms with Crippen molar-refractivity contribution in [3.63, 3.8) is 0 Å². The number of rotatable bonds is 4. The van der Waals surface area contributed by atoms with E-state index in [1.807, 2.05) is 24.3 Å². The predicted molar refractivity (Wildman–Crippen MR) is 118 cm³/mol. The maximum Gasteiger partial charge on any atom is 0.124 e. The molecule has 5 nitrogen and oxygen atoms in total. The van der Waals surface area contributed by atoms with Crippen LogP contribution < -0.4 is 15.4 Å². The number of hydrogen-bond acceptors (Lipinski definition) is 5. The van der Waals surface area contributed by atoms with Gasteiger partial charge in [0, 0.05) is 41.0 Å². The van der Waals surface area contributed by atoms with Gasteiger partial charge in [-0.2, -0.15) is 0 Å². The Labute approximate surface area is 182 Å². The molecule has 0 fully saturated rings. The van der Waals surface area contributed by atoms with Gasteiger partial charge in [0.25, 0.3) is 0 Å². The van der Waals surface area contributed by atoms with Gasteiger partial charge in [0.2, 0.25) is 0 Å². The molecular weight excluding hydrogens is 398 g/mol. The van der Waals surface area contributed by atoms with Crippen molar-refractivity contribution in [2.75, 3.05) is 20.3 Å². The molecule has 3 atom stereocenters. The minimum absolute atomic E-state index is 0.0330. The van der Waals surface area contributed by atoms with Crippen LogP contribution in [-0.2, 0) is 6.42 Å². The summed E-state index contributed by atoms with van der Waals surface area (Å²) < 4.78 is 5.39. The third-order valence-corrected chi connectivity index (χ3v) is 7.12. The SMILES string of the molecule is COc1ccc2c(c1)CCN(C1CCC3=C(C1)NC(c1ccccc1Cl)N3)C2CO. The Hall–Kier alpha value is -2.21. The van der Waals surface area contributed by atoms with E-state index < -0.39 is 0 Å². The van der Waals surface area contributed by atoms with Crippen LogP contribution >= 0.6 is 11.6 Å². The normalized spacial score (nSPS) is 25.9.